The molecule has 0 amide bonds. The van der Waals surface area contributed by atoms with Gasteiger partial charge in [-0.1, -0.05) is 42.2 Å². The first-order chi connectivity index (χ1) is 13.4. The molecule has 4 rings (SSSR count). The highest BCUT2D eigenvalue weighted by molar-refractivity contribution is 8.13. The average Bonchev–Trinajstić information content (AvgIpc) is 2.93. The van der Waals surface area contributed by atoms with E-state index in [1.54, 1.807) is 18.9 Å². The van der Waals surface area contributed by atoms with Gasteiger partial charge in [0.25, 0.3) is 0 Å². The number of ketones is 1. The Labute approximate surface area is 173 Å². The summed E-state index contributed by atoms with van der Waals surface area (Å²) >= 11 is 1.68. The number of carbonyl (C=O) groups excluding carboxylic acids is 1. The highest BCUT2D eigenvalue weighted by atomic mass is 32.2. The highest BCUT2D eigenvalue weighted by Gasteiger charge is 2.61. The van der Waals surface area contributed by atoms with Gasteiger partial charge in [-0.25, -0.2) is 0 Å². The van der Waals surface area contributed by atoms with E-state index in [9.17, 15) is 4.79 Å². The monoisotopic (exact) mass is 397 g/mol. The predicted molar refractivity (Wildman–Crippen MR) is 118 cm³/mol. The van der Waals surface area contributed by atoms with Crippen molar-refractivity contribution in [2.45, 2.75) is 64.3 Å². The van der Waals surface area contributed by atoms with Crippen molar-refractivity contribution >= 4 is 22.6 Å². The minimum Gasteiger partial charge on any atom is -0.496 e. The fraction of sp³-hybridized carbons (Fsp3) is 0.583. The van der Waals surface area contributed by atoms with Gasteiger partial charge in [0, 0.05) is 23.8 Å². The van der Waals surface area contributed by atoms with E-state index in [2.05, 4.69) is 45.2 Å². The Hall–Kier alpha value is -1.55. The summed E-state index contributed by atoms with van der Waals surface area (Å²) < 4.78 is 5.63. The van der Waals surface area contributed by atoms with Crippen LogP contribution < -0.4 is 4.74 Å². The molecule has 0 aromatic heterocycles. The summed E-state index contributed by atoms with van der Waals surface area (Å²) in [5.74, 6) is 1.61. The molecule has 1 aromatic rings. The Morgan fingerprint density at radius 1 is 1.25 bits per heavy atom. The zero-order valence-corrected chi connectivity index (χ0v) is 18.5. The molecule has 150 valence electrons. The van der Waals surface area contributed by atoms with Gasteiger partial charge in [-0.15, -0.1) is 11.8 Å². The van der Waals surface area contributed by atoms with Crippen LogP contribution in [-0.2, 0) is 4.79 Å². The number of carbonyl (C=O) groups is 1. The van der Waals surface area contributed by atoms with Crippen molar-refractivity contribution in [3.63, 3.8) is 0 Å². The number of ether oxygens (including phenoxy) is 1. The maximum atomic E-state index is 13.8. The van der Waals surface area contributed by atoms with Crippen LogP contribution in [0.4, 0.5) is 0 Å². The number of Topliss-reactive ketones (excluding diaryl/α,β-unsaturated/α-hetero) is 1. The first kappa shape index (κ1) is 19.8. The third kappa shape index (κ3) is 2.79. The summed E-state index contributed by atoms with van der Waals surface area (Å²) in [5, 5.41) is 1.04. The van der Waals surface area contributed by atoms with Crippen LogP contribution in [0.1, 0.15) is 63.0 Å². The van der Waals surface area contributed by atoms with Gasteiger partial charge in [0.05, 0.1) is 17.7 Å². The van der Waals surface area contributed by atoms with Gasteiger partial charge in [0.15, 0.2) is 5.78 Å². The molecule has 1 heterocycles. The second-order valence-corrected chi connectivity index (χ2v) is 9.75. The molecule has 1 spiro atoms. The third-order valence-corrected chi connectivity index (χ3v) is 8.06. The molecule has 0 unspecified atom stereocenters. The summed E-state index contributed by atoms with van der Waals surface area (Å²) in [4.78, 5) is 19.0. The van der Waals surface area contributed by atoms with Gasteiger partial charge in [-0.3, -0.25) is 9.79 Å². The topological polar surface area (TPSA) is 38.7 Å². The molecule has 1 saturated carbocycles. The molecule has 1 aliphatic heterocycles. The van der Waals surface area contributed by atoms with E-state index in [0.717, 1.165) is 29.2 Å². The highest BCUT2D eigenvalue weighted by Crippen LogP contribution is 2.59. The standard InChI is InChI=1S/C24H31NO2S/c1-15-9-10-19(27-4)18(12-15)17-13-21(26)24(14-16(17)2)20-8-6-7-11-23(20,3)25-22(24)28-5/h9-10,12,14,17,20H,6-8,11,13H2,1-5H3/t17-,20+,23-,24+/m0/s1. The summed E-state index contributed by atoms with van der Waals surface area (Å²) in [6, 6.07) is 6.26. The van der Waals surface area contributed by atoms with Gasteiger partial charge < -0.3 is 4.74 Å². The summed E-state index contributed by atoms with van der Waals surface area (Å²) in [5.41, 5.74) is 3.01. The normalized spacial score (nSPS) is 34.8. The number of benzene rings is 1. The van der Waals surface area contributed by atoms with Crippen molar-refractivity contribution in [2.24, 2.45) is 16.3 Å². The lowest BCUT2D eigenvalue weighted by Crippen LogP contribution is -2.49. The second kappa shape index (κ2) is 7.05. The van der Waals surface area contributed by atoms with Crippen LogP contribution >= 0.6 is 11.8 Å². The molecule has 2 aliphatic carbocycles. The van der Waals surface area contributed by atoms with Crippen LogP contribution in [0.2, 0.25) is 0 Å². The van der Waals surface area contributed by atoms with Crippen molar-refractivity contribution in [2.75, 3.05) is 13.4 Å². The van der Waals surface area contributed by atoms with Gasteiger partial charge in [-0.2, -0.15) is 0 Å². The fourth-order valence-electron chi connectivity index (χ4n) is 5.87. The van der Waals surface area contributed by atoms with Gasteiger partial charge in [0.2, 0.25) is 0 Å². The number of methoxy groups -OCH3 is 1. The number of thioether (sulfide) groups is 1. The SMILES string of the molecule is COc1ccc(C)cc1[C@H]1CC(=O)[C@]2(C=C1C)C(SC)=N[C@@]1(C)CCCC[C@@H]21. The molecule has 3 nitrogen and oxygen atoms in total. The Balaban J connectivity index is 1.82. The van der Waals surface area contributed by atoms with Gasteiger partial charge in [0.1, 0.15) is 11.2 Å². The molecular weight excluding hydrogens is 366 g/mol. The fourth-order valence-corrected chi connectivity index (χ4v) is 6.82. The summed E-state index contributed by atoms with van der Waals surface area (Å²) in [7, 11) is 1.71. The van der Waals surface area contributed by atoms with E-state index >= 15 is 0 Å². The Kier molecular flexibility index (Phi) is 4.97. The molecule has 3 aliphatic rings. The number of allylic oxidation sites excluding steroid dienone is 2. The van der Waals surface area contributed by atoms with E-state index in [1.165, 1.54) is 24.0 Å². The Bertz CT molecular complexity index is 873. The van der Waals surface area contributed by atoms with Crippen LogP contribution in [0, 0.1) is 18.3 Å². The van der Waals surface area contributed by atoms with Crippen LogP contribution in [0.5, 0.6) is 5.75 Å². The number of hydrogen-bond donors (Lipinski definition) is 0. The quantitative estimate of drug-likeness (QED) is 0.599. The average molecular weight is 398 g/mol. The van der Waals surface area contributed by atoms with Gasteiger partial charge in [-0.05, 0) is 45.9 Å². The number of rotatable bonds is 2. The smallest absolute Gasteiger partial charge is 0.150 e. The zero-order valence-electron chi connectivity index (χ0n) is 17.7. The molecular formula is C24H31NO2S. The minimum absolute atomic E-state index is 0.0864. The van der Waals surface area contributed by atoms with Crippen LogP contribution in [0.25, 0.3) is 0 Å². The van der Waals surface area contributed by atoms with Crippen LogP contribution in [0.3, 0.4) is 0 Å². The van der Waals surface area contributed by atoms with Crippen LogP contribution in [0.15, 0.2) is 34.8 Å². The van der Waals surface area contributed by atoms with E-state index < -0.39 is 5.41 Å². The molecule has 0 bridgehead atoms. The zero-order chi connectivity index (χ0) is 20.1. The molecule has 0 radical (unpaired) electrons. The summed E-state index contributed by atoms with van der Waals surface area (Å²) in [6.07, 6.45) is 9.52. The largest absolute Gasteiger partial charge is 0.496 e. The second-order valence-electron chi connectivity index (χ2n) is 8.96. The molecule has 4 atom stereocenters. The Morgan fingerprint density at radius 2 is 2.04 bits per heavy atom. The lowest BCUT2D eigenvalue weighted by molar-refractivity contribution is -0.127. The molecule has 0 N–H and O–H groups in total. The maximum Gasteiger partial charge on any atom is 0.150 e. The van der Waals surface area contributed by atoms with Gasteiger partial charge >= 0.3 is 0 Å². The predicted octanol–water partition coefficient (Wildman–Crippen LogP) is 5.72. The van der Waals surface area contributed by atoms with Crippen molar-refractivity contribution < 1.29 is 9.53 Å². The lowest BCUT2D eigenvalue weighted by Gasteiger charge is -2.44. The number of fused-ring (bicyclic) bond motifs is 2. The molecule has 1 aromatic carbocycles. The van der Waals surface area contributed by atoms with Crippen molar-refractivity contribution in [1.82, 2.24) is 0 Å². The van der Waals surface area contributed by atoms with Crippen LogP contribution in [-0.4, -0.2) is 29.7 Å². The van der Waals surface area contributed by atoms with Crippen molar-refractivity contribution in [3.05, 3.63) is 41.0 Å². The number of aliphatic imine (C=N–C) groups is 1. The molecule has 4 heteroatoms. The number of aryl methyl sites for hydroxylation is 1. The maximum absolute atomic E-state index is 13.8. The van der Waals surface area contributed by atoms with Crippen molar-refractivity contribution in [3.8, 4) is 5.75 Å². The molecule has 0 saturated heterocycles. The van der Waals surface area contributed by atoms with E-state index in [1.807, 2.05) is 6.07 Å². The molecule has 28 heavy (non-hydrogen) atoms. The Morgan fingerprint density at radius 3 is 2.75 bits per heavy atom. The number of nitrogens with zero attached hydrogens (tertiary/aromatic N) is 1. The third-order valence-electron chi connectivity index (χ3n) is 7.25. The summed E-state index contributed by atoms with van der Waals surface area (Å²) in [6.45, 7) is 6.56. The van der Waals surface area contributed by atoms with E-state index in [-0.39, 0.29) is 11.5 Å². The van der Waals surface area contributed by atoms with Crippen molar-refractivity contribution in [1.29, 1.82) is 0 Å². The van der Waals surface area contributed by atoms with E-state index in [0.29, 0.717) is 18.1 Å². The van der Waals surface area contributed by atoms with E-state index in [4.69, 9.17) is 9.73 Å². The number of hydrogen-bond acceptors (Lipinski definition) is 4. The minimum atomic E-state index is -0.508. The lowest BCUT2D eigenvalue weighted by atomic mass is 9.58. The first-order valence-electron chi connectivity index (χ1n) is 10.4. The molecule has 1 fully saturated rings. The first-order valence-corrected chi connectivity index (χ1v) is 11.6.